The minimum Gasteiger partial charge on any atom is -0.387 e. The first-order valence-electron chi connectivity index (χ1n) is 4.38. The first kappa shape index (κ1) is 10.2. The van der Waals surface area contributed by atoms with E-state index < -0.39 is 6.10 Å². The molecule has 0 spiro atoms. The lowest BCUT2D eigenvalue weighted by molar-refractivity contribution is 0.184. The molecule has 1 aromatic rings. The smallest absolute Gasteiger partial charge is 0.0945 e. The molecule has 4 nitrogen and oxygen atoms in total. The molecular formula is C9H17N3O. The van der Waals surface area contributed by atoms with Gasteiger partial charge in [-0.15, -0.1) is 0 Å². The number of nitrogens with one attached hydrogen (secondary N) is 1. The molecule has 0 bridgehead atoms. The van der Waals surface area contributed by atoms with E-state index >= 15 is 0 Å². The number of H-pyrrole nitrogens is 1. The number of nitrogens with two attached hydrogens (primary N) is 1. The van der Waals surface area contributed by atoms with E-state index in [9.17, 15) is 5.11 Å². The number of nitrogens with zero attached hydrogens (tertiary/aromatic N) is 1. The van der Waals surface area contributed by atoms with Crippen molar-refractivity contribution in [2.45, 2.75) is 32.3 Å². The van der Waals surface area contributed by atoms with Crippen LogP contribution in [0.5, 0.6) is 0 Å². The van der Waals surface area contributed by atoms with E-state index in [1.54, 1.807) is 6.20 Å². The number of hydrogen-bond acceptors (Lipinski definition) is 3. The van der Waals surface area contributed by atoms with E-state index in [0.717, 1.165) is 11.3 Å². The lowest BCUT2D eigenvalue weighted by Gasteiger charge is -2.20. The van der Waals surface area contributed by atoms with Crippen LogP contribution in [0.25, 0.3) is 0 Å². The Labute approximate surface area is 78.2 Å². The Morgan fingerprint density at radius 3 is 2.69 bits per heavy atom. The molecule has 0 aromatic carbocycles. The zero-order chi connectivity index (χ0) is 10.1. The molecule has 0 saturated carbocycles. The third-order valence-corrected chi connectivity index (χ3v) is 2.00. The molecular weight excluding hydrogens is 166 g/mol. The summed E-state index contributed by atoms with van der Waals surface area (Å²) in [7, 11) is 0. The van der Waals surface area contributed by atoms with Crippen LogP contribution in [-0.2, 0) is 5.41 Å². The zero-order valence-electron chi connectivity index (χ0n) is 8.33. The lowest BCUT2D eigenvalue weighted by atomic mass is 9.88. The van der Waals surface area contributed by atoms with Crippen LogP contribution in [0.1, 0.15) is 38.1 Å². The lowest BCUT2D eigenvalue weighted by Crippen LogP contribution is -2.19. The fourth-order valence-corrected chi connectivity index (χ4v) is 1.28. The Morgan fingerprint density at radius 2 is 2.23 bits per heavy atom. The highest BCUT2D eigenvalue weighted by Gasteiger charge is 2.23. The van der Waals surface area contributed by atoms with Crippen molar-refractivity contribution >= 4 is 0 Å². The molecule has 4 N–H and O–H groups in total. The molecule has 1 heterocycles. The van der Waals surface area contributed by atoms with E-state index in [0.29, 0.717) is 0 Å². The highest BCUT2D eigenvalue weighted by molar-refractivity contribution is 5.25. The van der Waals surface area contributed by atoms with Gasteiger partial charge in [0.2, 0.25) is 0 Å². The average molecular weight is 183 g/mol. The van der Waals surface area contributed by atoms with Gasteiger partial charge in [-0.2, -0.15) is 5.10 Å². The number of hydrogen-bond donors (Lipinski definition) is 3. The van der Waals surface area contributed by atoms with Gasteiger partial charge in [-0.1, -0.05) is 20.8 Å². The van der Waals surface area contributed by atoms with Crippen LogP contribution in [0.3, 0.4) is 0 Å². The number of aliphatic hydroxyl groups excluding tert-OH is 1. The van der Waals surface area contributed by atoms with Gasteiger partial charge < -0.3 is 10.8 Å². The van der Waals surface area contributed by atoms with Crippen molar-refractivity contribution in [1.82, 2.24) is 10.2 Å². The molecule has 0 aliphatic rings. The molecule has 0 aliphatic carbocycles. The first-order chi connectivity index (χ1) is 5.96. The highest BCUT2D eigenvalue weighted by Crippen LogP contribution is 2.26. The Balaban J connectivity index is 3.03. The minimum atomic E-state index is -0.618. The van der Waals surface area contributed by atoms with Gasteiger partial charge in [0, 0.05) is 23.2 Å². The molecule has 13 heavy (non-hydrogen) atoms. The summed E-state index contributed by atoms with van der Waals surface area (Å²) in [6.07, 6.45) is 1.02. The molecule has 0 saturated heterocycles. The number of aromatic amines is 1. The Hall–Kier alpha value is -0.870. The molecule has 0 radical (unpaired) electrons. The Bertz CT molecular complexity index is 275. The standard InChI is InChI=1S/C9H17N3O/c1-9(2,3)8-6(5-11-12-8)7(13)4-10/h5,7,13H,4,10H2,1-3H3,(H,11,12)/t7-/m1/s1. The number of aromatic nitrogens is 2. The summed E-state index contributed by atoms with van der Waals surface area (Å²) in [6, 6.07) is 0. The van der Waals surface area contributed by atoms with Gasteiger partial charge in [-0.3, -0.25) is 5.10 Å². The topological polar surface area (TPSA) is 74.9 Å². The maximum Gasteiger partial charge on any atom is 0.0945 e. The van der Waals surface area contributed by atoms with E-state index in [2.05, 4.69) is 31.0 Å². The summed E-state index contributed by atoms with van der Waals surface area (Å²) in [5.41, 5.74) is 7.09. The fourth-order valence-electron chi connectivity index (χ4n) is 1.28. The van der Waals surface area contributed by atoms with Crippen LogP contribution >= 0.6 is 0 Å². The number of rotatable bonds is 2. The van der Waals surface area contributed by atoms with Gasteiger partial charge >= 0.3 is 0 Å². The summed E-state index contributed by atoms with van der Waals surface area (Å²) >= 11 is 0. The minimum absolute atomic E-state index is 0.0397. The van der Waals surface area contributed by atoms with Crippen molar-refractivity contribution in [2.75, 3.05) is 6.54 Å². The largest absolute Gasteiger partial charge is 0.387 e. The normalized spacial score (nSPS) is 14.5. The molecule has 0 unspecified atom stereocenters. The van der Waals surface area contributed by atoms with Gasteiger partial charge in [0.15, 0.2) is 0 Å². The predicted molar refractivity (Wildman–Crippen MR) is 51.3 cm³/mol. The maximum atomic E-state index is 9.58. The molecule has 4 heteroatoms. The average Bonchev–Trinajstić information content (AvgIpc) is 2.49. The summed E-state index contributed by atoms with van der Waals surface area (Å²) < 4.78 is 0. The summed E-state index contributed by atoms with van der Waals surface area (Å²) in [5.74, 6) is 0. The summed E-state index contributed by atoms with van der Waals surface area (Å²) in [6.45, 7) is 6.41. The van der Waals surface area contributed by atoms with E-state index in [-0.39, 0.29) is 12.0 Å². The molecule has 74 valence electrons. The predicted octanol–water partition coefficient (Wildman–Crippen LogP) is 0.699. The van der Waals surface area contributed by atoms with Crippen molar-refractivity contribution in [2.24, 2.45) is 5.73 Å². The maximum absolute atomic E-state index is 9.58. The van der Waals surface area contributed by atoms with E-state index in [1.807, 2.05) is 0 Å². The molecule has 1 rings (SSSR count). The van der Waals surface area contributed by atoms with Gasteiger partial charge in [0.05, 0.1) is 12.3 Å². The van der Waals surface area contributed by atoms with Crippen LogP contribution in [0.15, 0.2) is 6.20 Å². The van der Waals surface area contributed by atoms with Crippen LogP contribution in [0.2, 0.25) is 0 Å². The third-order valence-electron chi connectivity index (χ3n) is 2.00. The van der Waals surface area contributed by atoms with Crippen molar-refractivity contribution in [1.29, 1.82) is 0 Å². The molecule has 0 fully saturated rings. The van der Waals surface area contributed by atoms with Crippen molar-refractivity contribution in [3.05, 3.63) is 17.5 Å². The van der Waals surface area contributed by atoms with Crippen LogP contribution in [0.4, 0.5) is 0 Å². The van der Waals surface area contributed by atoms with Gasteiger partial charge in [0.1, 0.15) is 0 Å². The molecule has 0 amide bonds. The fraction of sp³-hybridized carbons (Fsp3) is 0.667. The van der Waals surface area contributed by atoms with Crippen LogP contribution < -0.4 is 5.73 Å². The van der Waals surface area contributed by atoms with Crippen LogP contribution in [-0.4, -0.2) is 21.8 Å². The Kier molecular flexibility index (Phi) is 2.73. The SMILES string of the molecule is CC(C)(C)c1[nH]ncc1[C@H](O)CN. The molecule has 0 aliphatic heterocycles. The third kappa shape index (κ3) is 2.08. The van der Waals surface area contributed by atoms with Crippen molar-refractivity contribution < 1.29 is 5.11 Å². The summed E-state index contributed by atoms with van der Waals surface area (Å²) in [5, 5.41) is 16.4. The second-order valence-electron chi connectivity index (χ2n) is 4.20. The summed E-state index contributed by atoms with van der Waals surface area (Å²) in [4.78, 5) is 0. The van der Waals surface area contributed by atoms with E-state index in [1.165, 1.54) is 0 Å². The van der Waals surface area contributed by atoms with Crippen molar-refractivity contribution in [3.63, 3.8) is 0 Å². The second-order valence-corrected chi connectivity index (χ2v) is 4.20. The van der Waals surface area contributed by atoms with Gasteiger partial charge in [0.25, 0.3) is 0 Å². The molecule has 1 aromatic heterocycles. The highest BCUT2D eigenvalue weighted by atomic mass is 16.3. The van der Waals surface area contributed by atoms with Gasteiger partial charge in [-0.05, 0) is 0 Å². The quantitative estimate of drug-likeness (QED) is 0.631. The number of aliphatic hydroxyl groups is 1. The molecule has 1 atom stereocenters. The van der Waals surface area contributed by atoms with Crippen LogP contribution in [0, 0.1) is 0 Å². The monoisotopic (exact) mass is 183 g/mol. The zero-order valence-corrected chi connectivity index (χ0v) is 8.33. The van der Waals surface area contributed by atoms with Gasteiger partial charge in [-0.25, -0.2) is 0 Å². The first-order valence-corrected chi connectivity index (χ1v) is 4.38. The van der Waals surface area contributed by atoms with E-state index in [4.69, 9.17) is 5.73 Å². The van der Waals surface area contributed by atoms with Crippen molar-refractivity contribution in [3.8, 4) is 0 Å². The second kappa shape index (κ2) is 3.47. The Morgan fingerprint density at radius 1 is 1.62 bits per heavy atom.